The molecule has 0 fully saturated rings. The van der Waals surface area contributed by atoms with Crippen LogP contribution in [0.15, 0.2) is 86.0 Å². The number of aromatic nitrogens is 7. The third kappa shape index (κ3) is 4.64. The smallest absolute Gasteiger partial charge is 0.116 e. The maximum absolute atomic E-state index is 4.67. The van der Waals surface area contributed by atoms with Crippen LogP contribution in [0.5, 0.6) is 0 Å². The first kappa shape index (κ1) is 23.5. The van der Waals surface area contributed by atoms with Crippen molar-refractivity contribution in [3.8, 4) is 33.8 Å². The second-order valence-corrected chi connectivity index (χ2v) is 10.7. The molecule has 0 atom stereocenters. The SMILES string of the molecule is C=C(CC(C)(C)C)Nc1cncc(-c2cc3c(-c4cc5c(-c6ccncc6)cncc5[nH]4)n[nH]c3cn2)c1. The average molecular weight is 501 g/mol. The molecule has 38 heavy (non-hydrogen) atoms. The van der Waals surface area contributed by atoms with Gasteiger partial charge >= 0.3 is 0 Å². The van der Waals surface area contributed by atoms with Gasteiger partial charge in [0, 0.05) is 52.4 Å². The molecule has 6 heterocycles. The molecular formula is C30H28N8. The molecule has 6 aromatic rings. The molecule has 8 nitrogen and oxygen atoms in total. The minimum absolute atomic E-state index is 0.150. The van der Waals surface area contributed by atoms with Gasteiger partial charge in [0.15, 0.2) is 0 Å². The number of hydrogen-bond donors (Lipinski definition) is 3. The highest BCUT2D eigenvalue weighted by atomic mass is 15.1. The summed E-state index contributed by atoms with van der Waals surface area (Å²) in [6, 6.07) is 10.2. The Hall–Kier alpha value is -4.85. The van der Waals surface area contributed by atoms with Gasteiger partial charge in [-0.05, 0) is 47.7 Å². The molecule has 0 amide bonds. The molecule has 0 aliphatic heterocycles. The third-order valence-electron chi connectivity index (χ3n) is 6.34. The zero-order valence-electron chi connectivity index (χ0n) is 21.6. The highest BCUT2D eigenvalue weighted by Gasteiger charge is 2.16. The minimum Gasteiger partial charge on any atom is -0.358 e. The molecular weight excluding hydrogens is 472 g/mol. The van der Waals surface area contributed by atoms with E-state index in [4.69, 9.17) is 0 Å². The molecule has 0 bridgehead atoms. The van der Waals surface area contributed by atoms with Crippen LogP contribution in [-0.2, 0) is 0 Å². The average Bonchev–Trinajstić information content (AvgIpc) is 3.51. The van der Waals surface area contributed by atoms with Gasteiger partial charge in [-0.25, -0.2) is 0 Å². The zero-order valence-corrected chi connectivity index (χ0v) is 21.6. The van der Waals surface area contributed by atoms with Crippen molar-refractivity contribution >= 4 is 27.5 Å². The Kier molecular flexibility index (Phi) is 5.72. The predicted molar refractivity (Wildman–Crippen MR) is 152 cm³/mol. The molecule has 0 aromatic carbocycles. The van der Waals surface area contributed by atoms with Crippen molar-refractivity contribution in [3.05, 3.63) is 86.0 Å². The number of rotatable bonds is 6. The van der Waals surface area contributed by atoms with Crippen LogP contribution in [0.2, 0.25) is 0 Å². The lowest BCUT2D eigenvalue weighted by Gasteiger charge is -2.20. The van der Waals surface area contributed by atoms with Crippen LogP contribution in [0, 0.1) is 5.41 Å². The van der Waals surface area contributed by atoms with E-state index in [1.165, 1.54) is 0 Å². The van der Waals surface area contributed by atoms with Crippen LogP contribution in [0.4, 0.5) is 5.69 Å². The summed E-state index contributed by atoms with van der Waals surface area (Å²) >= 11 is 0. The Morgan fingerprint density at radius 2 is 1.68 bits per heavy atom. The number of nitrogens with one attached hydrogen (secondary N) is 3. The van der Waals surface area contributed by atoms with Crippen molar-refractivity contribution in [2.24, 2.45) is 5.41 Å². The zero-order chi connectivity index (χ0) is 26.3. The molecule has 0 radical (unpaired) electrons. The van der Waals surface area contributed by atoms with Crippen LogP contribution in [0.3, 0.4) is 0 Å². The van der Waals surface area contributed by atoms with E-state index in [2.05, 4.69) is 73.9 Å². The van der Waals surface area contributed by atoms with Gasteiger partial charge in [0.05, 0.1) is 46.7 Å². The Bertz CT molecular complexity index is 1770. The first-order valence-corrected chi connectivity index (χ1v) is 12.5. The molecule has 6 rings (SSSR count). The summed E-state index contributed by atoms with van der Waals surface area (Å²) in [6.07, 6.45) is 13.6. The van der Waals surface area contributed by atoms with Crippen LogP contribution < -0.4 is 5.32 Å². The largest absolute Gasteiger partial charge is 0.358 e. The number of anilines is 1. The molecule has 0 aliphatic carbocycles. The molecule has 0 spiro atoms. The second kappa shape index (κ2) is 9.23. The van der Waals surface area contributed by atoms with E-state index < -0.39 is 0 Å². The van der Waals surface area contributed by atoms with Crippen LogP contribution >= 0.6 is 0 Å². The summed E-state index contributed by atoms with van der Waals surface area (Å²) in [6.45, 7) is 10.8. The molecule has 0 saturated heterocycles. The predicted octanol–water partition coefficient (Wildman–Crippen LogP) is 6.99. The number of nitrogens with zero attached hydrogens (tertiary/aromatic N) is 5. The van der Waals surface area contributed by atoms with E-state index in [1.54, 1.807) is 18.6 Å². The second-order valence-electron chi connectivity index (χ2n) is 10.7. The highest BCUT2D eigenvalue weighted by molar-refractivity contribution is 6.01. The van der Waals surface area contributed by atoms with Crippen molar-refractivity contribution in [1.29, 1.82) is 0 Å². The molecule has 188 valence electrons. The van der Waals surface area contributed by atoms with E-state index >= 15 is 0 Å². The van der Waals surface area contributed by atoms with Crippen molar-refractivity contribution in [2.75, 3.05) is 5.32 Å². The number of H-pyrrole nitrogens is 2. The number of allylic oxidation sites excluding steroid dienone is 1. The Balaban J connectivity index is 1.36. The van der Waals surface area contributed by atoms with Gasteiger partial charge in [0.1, 0.15) is 5.69 Å². The number of aromatic amines is 2. The van der Waals surface area contributed by atoms with E-state index in [9.17, 15) is 0 Å². The maximum Gasteiger partial charge on any atom is 0.116 e. The van der Waals surface area contributed by atoms with Gasteiger partial charge < -0.3 is 10.3 Å². The lowest BCUT2D eigenvalue weighted by molar-refractivity contribution is 0.411. The topological polar surface area (TPSA) is 108 Å². The third-order valence-corrected chi connectivity index (χ3v) is 6.34. The van der Waals surface area contributed by atoms with E-state index in [1.807, 2.05) is 49.1 Å². The van der Waals surface area contributed by atoms with Crippen molar-refractivity contribution in [2.45, 2.75) is 27.2 Å². The van der Waals surface area contributed by atoms with Crippen LogP contribution in [-0.4, -0.2) is 35.1 Å². The summed E-state index contributed by atoms with van der Waals surface area (Å²) < 4.78 is 0. The minimum atomic E-state index is 0.150. The van der Waals surface area contributed by atoms with Gasteiger partial charge in [-0.15, -0.1) is 0 Å². The lowest BCUT2D eigenvalue weighted by Crippen LogP contribution is -2.10. The van der Waals surface area contributed by atoms with Gasteiger partial charge in [0.2, 0.25) is 0 Å². The Labute approximate surface area is 220 Å². The van der Waals surface area contributed by atoms with Crippen LogP contribution in [0.1, 0.15) is 27.2 Å². The summed E-state index contributed by atoms with van der Waals surface area (Å²) in [5.74, 6) is 0. The maximum atomic E-state index is 4.67. The monoisotopic (exact) mass is 500 g/mol. The molecule has 6 aromatic heterocycles. The summed E-state index contributed by atoms with van der Waals surface area (Å²) in [5, 5.41) is 13.2. The first-order chi connectivity index (χ1) is 18.3. The van der Waals surface area contributed by atoms with E-state index in [-0.39, 0.29) is 5.41 Å². The number of fused-ring (bicyclic) bond motifs is 2. The van der Waals surface area contributed by atoms with Gasteiger partial charge in [-0.3, -0.25) is 25.0 Å². The molecule has 8 heteroatoms. The molecule has 0 saturated carbocycles. The lowest BCUT2D eigenvalue weighted by atomic mass is 9.91. The van der Waals surface area contributed by atoms with Crippen molar-refractivity contribution < 1.29 is 0 Å². The van der Waals surface area contributed by atoms with E-state index in [0.29, 0.717) is 0 Å². The fourth-order valence-electron chi connectivity index (χ4n) is 4.76. The van der Waals surface area contributed by atoms with Gasteiger partial charge in [-0.1, -0.05) is 27.4 Å². The number of pyridine rings is 4. The molecule has 0 unspecified atom stereocenters. The quantitative estimate of drug-likeness (QED) is 0.227. The fraction of sp³-hybridized carbons (Fsp3) is 0.167. The van der Waals surface area contributed by atoms with Crippen molar-refractivity contribution in [3.63, 3.8) is 0 Å². The van der Waals surface area contributed by atoms with Crippen molar-refractivity contribution in [1.82, 2.24) is 35.1 Å². The molecule has 3 N–H and O–H groups in total. The summed E-state index contributed by atoms with van der Waals surface area (Å²) in [7, 11) is 0. The van der Waals surface area contributed by atoms with Gasteiger partial charge in [0.25, 0.3) is 0 Å². The molecule has 0 aliphatic rings. The number of hydrogen-bond acceptors (Lipinski definition) is 6. The fourth-order valence-corrected chi connectivity index (χ4v) is 4.76. The standard InChI is InChI=1S/C30H28N8/c1-18(12-30(2,3)4)35-21-9-20(13-32-14-21)25-11-23-28(17-34-25)37-38-29(23)26-10-22-24(15-33-16-27(22)36-26)19-5-7-31-8-6-19/h5-11,13-17,35-36H,1,12H2,2-4H3,(H,37,38). The van der Waals surface area contributed by atoms with Gasteiger partial charge in [-0.2, -0.15) is 5.10 Å². The highest BCUT2D eigenvalue weighted by Crippen LogP contribution is 2.34. The normalized spacial score (nSPS) is 11.8. The van der Waals surface area contributed by atoms with E-state index in [0.717, 1.165) is 73.4 Å². The first-order valence-electron chi connectivity index (χ1n) is 12.5. The summed E-state index contributed by atoms with van der Waals surface area (Å²) in [5.41, 5.74) is 9.34. The Morgan fingerprint density at radius 3 is 2.50 bits per heavy atom. The summed E-state index contributed by atoms with van der Waals surface area (Å²) in [4.78, 5) is 21.2. The Morgan fingerprint density at radius 1 is 0.868 bits per heavy atom. The van der Waals surface area contributed by atoms with Crippen LogP contribution in [0.25, 0.3) is 55.6 Å².